The van der Waals surface area contributed by atoms with Crippen LogP contribution in [0, 0.1) is 11.6 Å². The fourth-order valence-corrected chi connectivity index (χ4v) is 1.16. The van der Waals surface area contributed by atoms with Gasteiger partial charge in [0.05, 0.1) is 6.04 Å². The molecule has 0 fully saturated rings. The van der Waals surface area contributed by atoms with E-state index in [2.05, 4.69) is 5.48 Å². The quantitative estimate of drug-likeness (QED) is 0.742. The van der Waals surface area contributed by atoms with Crippen molar-refractivity contribution in [2.75, 3.05) is 6.61 Å². The molecule has 1 unspecified atom stereocenters. The van der Waals surface area contributed by atoms with Crippen molar-refractivity contribution in [2.24, 2.45) is 5.73 Å². The van der Waals surface area contributed by atoms with Crippen molar-refractivity contribution in [3.05, 3.63) is 35.4 Å². The number of amides is 1. The van der Waals surface area contributed by atoms with Crippen LogP contribution in [0.3, 0.4) is 0 Å². The molecule has 0 spiro atoms. The zero-order chi connectivity index (χ0) is 12.1. The molecule has 0 radical (unpaired) electrons. The molecule has 0 saturated carbocycles. The first kappa shape index (κ1) is 12.5. The molecule has 88 valence electrons. The van der Waals surface area contributed by atoms with Crippen molar-refractivity contribution in [1.29, 1.82) is 0 Å². The van der Waals surface area contributed by atoms with Crippen LogP contribution < -0.4 is 11.2 Å². The van der Waals surface area contributed by atoms with E-state index in [9.17, 15) is 13.6 Å². The van der Waals surface area contributed by atoms with Crippen molar-refractivity contribution in [1.82, 2.24) is 5.48 Å². The van der Waals surface area contributed by atoms with Gasteiger partial charge in [-0.25, -0.2) is 8.78 Å². The van der Waals surface area contributed by atoms with E-state index in [1.165, 1.54) is 12.1 Å². The first-order valence-electron chi connectivity index (χ1n) is 4.62. The van der Waals surface area contributed by atoms with Crippen LogP contribution in [-0.2, 0) is 9.63 Å². The van der Waals surface area contributed by atoms with E-state index >= 15 is 0 Å². The number of hydroxylamine groups is 1. The number of carbonyl (C=O) groups is 1. The second kappa shape index (κ2) is 5.53. The average molecular weight is 230 g/mol. The van der Waals surface area contributed by atoms with E-state index in [4.69, 9.17) is 10.6 Å². The van der Waals surface area contributed by atoms with Crippen molar-refractivity contribution in [3.63, 3.8) is 0 Å². The number of nitrogens with two attached hydrogens (primary N) is 1. The standard InChI is InChI=1S/C10H12F2N2O2/c1-6(14-16-5-9(13)15)7-3-2-4-8(11)10(7)12/h2-4,6,14H,5H2,1H3,(H2,13,15). The minimum Gasteiger partial charge on any atom is -0.368 e. The lowest BCUT2D eigenvalue weighted by Gasteiger charge is -2.14. The predicted molar refractivity (Wildman–Crippen MR) is 53.1 cm³/mol. The first-order chi connectivity index (χ1) is 7.52. The number of rotatable bonds is 5. The molecule has 3 N–H and O–H groups in total. The highest BCUT2D eigenvalue weighted by atomic mass is 19.2. The number of benzene rings is 1. The van der Waals surface area contributed by atoms with Crippen molar-refractivity contribution in [2.45, 2.75) is 13.0 Å². The first-order valence-corrected chi connectivity index (χ1v) is 4.62. The molecular formula is C10H12F2N2O2. The number of nitrogens with one attached hydrogen (secondary N) is 1. The molecule has 0 aliphatic carbocycles. The van der Waals surface area contributed by atoms with E-state index in [1.807, 2.05) is 0 Å². The predicted octanol–water partition coefficient (Wildman–Crippen LogP) is 1.03. The lowest BCUT2D eigenvalue weighted by Crippen LogP contribution is -2.27. The zero-order valence-corrected chi connectivity index (χ0v) is 8.67. The summed E-state index contributed by atoms with van der Waals surface area (Å²) in [5, 5.41) is 0. The lowest BCUT2D eigenvalue weighted by atomic mass is 10.1. The third kappa shape index (κ3) is 3.25. The van der Waals surface area contributed by atoms with Gasteiger partial charge in [0.25, 0.3) is 0 Å². The van der Waals surface area contributed by atoms with E-state index in [1.54, 1.807) is 6.92 Å². The van der Waals surface area contributed by atoms with Crippen molar-refractivity contribution < 1.29 is 18.4 Å². The third-order valence-corrected chi connectivity index (χ3v) is 1.92. The Bertz CT molecular complexity index is 385. The normalized spacial score (nSPS) is 12.4. The Morgan fingerprint density at radius 3 is 2.88 bits per heavy atom. The van der Waals surface area contributed by atoms with E-state index in [-0.39, 0.29) is 12.2 Å². The van der Waals surface area contributed by atoms with E-state index in [0.717, 1.165) is 6.07 Å². The number of hydrogen-bond acceptors (Lipinski definition) is 3. The van der Waals surface area contributed by atoms with Gasteiger partial charge in [-0.1, -0.05) is 12.1 Å². The van der Waals surface area contributed by atoms with Gasteiger partial charge in [-0.3, -0.25) is 9.63 Å². The summed E-state index contributed by atoms with van der Waals surface area (Å²) >= 11 is 0. The number of halogens is 2. The molecule has 6 heteroatoms. The van der Waals surface area contributed by atoms with Gasteiger partial charge in [0, 0.05) is 5.56 Å². The largest absolute Gasteiger partial charge is 0.368 e. The maximum Gasteiger partial charge on any atom is 0.245 e. The summed E-state index contributed by atoms with van der Waals surface area (Å²) in [6.07, 6.45) is 0. The summed E-state index contributed by atoms with van der Waals surface area (Å²) in [5.74, 6) is -2.52. The van der Waals surface area contributed by atoms with Crippen LogP contribution in [0.2, 0.25) is 0 Å². The van der Waals surface area contributed by atoms with Gasteiger partial charge in [0.1, 0.15) is 6.61 Å². The molecule has 1 aromatic rings. The maximum atomic E-state index is 13.3. The summed E-state index contributed by atoms with van der Waals surface area (Å²) in [7, 11) is 0. The summed E-state index contributed by atoms with van der Waals surface area (Å²) < 4.78 is 26.1. The van der Waals surface area contributed by atoms with E-state index in [0.29, 0.717) is 0 Å². The van der Waals surface area contributed by atoms with Crippen LogP contribution in [0.5, 0.6) is 0 Å². The topological polar surface area (TPSA) is 64.3 Å². The summed E-state index contributed by atoms with van der Waals surface area (Å²) in [4.78, 5) is 15.1. The Kier molecular flexibility index (Phi) is 4.33. The minimum atomic E-state index is -0.940. The van der Waals surface area contributed by atoms with Crippen molar-refractivity contribution in [3.8, 4) is 0 Å². The molecule has 0 heterocycles. The molecule has 0 aromatic heterocycles. The van der Waals surface area contributed by atoms with Gasteiger partial charge in [-0.15, -0.1) is 0 Å². The highest BCUT2D eigenvalue weighted by Gasteiger charge is 2.14. The molecule has 4 nitrogen and oxygen atoms in total. The Hall–Kier alpha value is -1.53. The van der Waals surface area contributed by atoms with E-state index < -0.39 is 23.6 Å². The minimum absolute atomic E-state index is 0.115. The van der Waals surface area contributed by atoms with Crippen molar-refractivity contribution >= 4 is 5.91 Å². The van der Waals surface area contributed by atoms with Gasteiger partial charge in [-0.05, 0) is 13.0 Å². The molecule has 1 amide bonds. The second-order valence-corrected chi connectivity index (χ2v) is 3.24. The second-order valence-electron chi connectivity index (χ2n) is 3.24. The molecule has 16 heavy (non-hydrogen) atoms. The smallest absolute Gasteiger partial charge is 0.245 e. The maximum absolute atomic E-state index is 13.3. The summed E-state index contributed by atoms with van der Waals surface area (Å²) in [6, 6.07) is 3.24. The van der Waals surface area contributed by atoms with Gasteiger partial charge >= 0.3 is 0 Å². The van der Waals surface area contributed by atoms with Crippen LogP contribution in [0.15, 0.2) is 18.2 Å². The molecule has 0 aliphatic rings. The Labute approximate surface area is 91.3 Å². The summed E-state index contributed by atoms with van der Waals surface area (Å²) in [6.45, 7) is 1.24. The average Bonchev–Trinajstić information content (AvgIpc) is 2.21. The molecular weight excluding hydrogens is 218 g/mol. The Morgan fingerprint density at radius 2 is 2.25 bits per heavy atom. The highest BCUT2D eigenvalue weighted by Crippen LogP contribution is 2.18. The summed E-state index contributed by atoms with van der Waals surface area (Å²) in [5.41, 5.74) is 7.34. The van der Waals surface area contributed by atoms with Crippen LogP contribution in [0.4, 0.5) is 8.78 Å². The van der Waals surface area contributed by atoms with Crippen LogP contribution >= 0.6 is 0 Å². The zero-order valence-electron chi connectivity index (χ0n) is 8.67. The van der Waals surface area contributed by atoms with Gasteiger partial charge in [0.15, 0.2) is 11.6 Å². The van der Waals surface area contributed by atoms with Gasteiger partial charge in [-0.2, -0.15) is 5.48 Å². The molecule has 1 aromatic carbocycles. The molecule has 0 saturated heterocycles. The highest BCUT2D eigenvalue weighted by molar-refractivity contribution is 5.74. The number of carbonyl (C=O) groups excluding carboxylic acids is 1. The monoisotopic (exact) mass is 230 g/mol. The number of primary amides is 1. The Morgan fingerprint density at radius 1 is 1.56 bits per heavy atom. The van der Waals surface area contributed by atoms with Crippen LogP contribution in [-0.4, -0.2) is 12.5 Å². The fraction of sp³-hybridized carbons (Fsp3) is 0.300. The van der Waals surface area contributed by atoms with Gasteiger partial charge < -0.3 is 5.73 Å². The number of hydrogen-bond donors (Lipinski definition) is 2. The SMILES string of the molecule is CC(NOCC(N)=O)c1cccc(F)c1F. The third-order valence-electron chi connectivity index (χ3n) is 1.92. The Balaban J connectivity index is 2.62. The molecule has 1 atom stereocenters. The van der Waals surface area contributed by atoms with Gasteiger partial charge in [0.2, 0.25) is 5.91 Å². The molecule has 1 rings (SSSR count). The fourth-order valence-electron chi connectivity index (χ4n) is 1.16. The molecule has 0 bridgehead atoms. The molecule has 0 aliphatic heterocycles. The lowest BCUT2D eigenvalue weighted by molar-refractivity contribution is -0.126. The van der Waals surface area contributed by atoms with Crippen LogP contribution in [0.1, 0.15) is 18.5 Å². The van der Waals surface area contributed by atoms with Crippen LogP contribution in [0.25, 0.3) is 0 Å².